The second kappa shape index (κ2) is 7.37. The summed E-state index contributed by atoms with van der Waals surface area (Å²) in [6.45, 7) is 2.85. The summed E-state index contributed by atoms with van der Waals surface area (Å²) in [5.74, 6) is 0. The molecule has 1 unspecified atom stereocenters. The number of ether oxygens (including phenoxy) is 1. The van der Waals surface area contributed by atoms with Crippen LogP contribution >= 0.6 is 0 Å². The van der Waals surface area contributed by atoms with Gasteiger partial charge in [0.1, 0.15) is 0 Å². The summed E-state index contributed by atoms with van der Waals surface area (Å²) in [4.78, 5) is 0. The largest absolute Gasteiger partial charge is 0.372 e. The van der Waals surface area contributed by atoms with Crippen molar-refractivity contribution in [3.05, 3.63) is 35.9 Å². The van der Waals surface area contributed by atoms with E-state index in [0.717, 1.165) is 26.1 Å². The quantitative estimate of drug-likeness (QED) is 0.827. The Balaban J connectivity index is 0.000000531. The number of halogens is 1. The van der Waals surface area contributed by atoms with Gasteiger partial charge in [0.15, 0.2) is 0 Å². The third-order valence-electron chi connectivity index (χ3n) is 2.34. The van der Waals surface area contributed by atoms with E-state index in [1.807, 2.05) is 18.2 Å². The zero-order valence-corrected chi connectivity index (χ0v) is 9.08. The molecule has 0 aromatic heterocycles. The van der Waals surface area contributed by atoms with Gasteiger partial charge in [-0.15, -0.1) is 0 Å². The molecule has 1 N–H and O–H groups in total. The molecule has 1 aromatic carbocycles. The number of alkyl halides is 1. The molecule has 1 aromatic rings. The predicted octanol–water partition coefficient (Wildman–Crippen LogP) is 2.15. The summed E-state index contributed by atoms with van der Waals surface area (Å²) < 4.78 is 15.2. The third kappa shape index (κ3) is 4.40. The highest BCUT2D eigenvalue weighted by Crippen LogP contribution is 2.07. The summed E-state index contributed by atoms with van der Waals surface area (Å²) in [6.07, 6.45) is 1.56. The van der Waals surface area contributed by atoms with Gasteiger partial charge in [0, 0.05) is 6.54 Å². The van der Waals surface area contributed by atoms with Crippen molar-refractivity contribution in [1.82, 2.24) is 5.32 Å². The first-order chi connectivity index (χ1) is 7.45. The summed E-state index contributed by atoms with van der Waals surface area (Å²) in [7, 11) is 0.500. The van der Waals surface area contributed by atoms with Crippen LogP contribution in [-0.2, 0) is 11.3 Å². The van der Waals surface area contributed by atoms with Crippen LogP contribution in [0.1, 0.15) is 12.0 Å². The minimum Gasteiger partial charge on any atom is -0.372 e. The molecule has 1 fully saturated rings. The molecule has 84 valence electrons. The van der Waals surface area contributed by atoms with Crippen molar-refractivity contribution in [1.29, 1.82) is 0 Å². The summed E-state index contributed by atoms with van der Waals surface area (Å²) in [6, 6.07) is 10.3. The monoisotopic (exact) mass is 211 g/mol. The van der Waals surface area contributed by atoms with Gasteiger partial charge in [-0.05, 0) is 18.5 Å². The van der Waals surface area contributed by atoms with Gasteiger partial charge >= 0.3 is 0 Å². The van der Waals surface area contributed by atoms with E-state index in [1.54, 1.807) is 0 Å². The molecule has 1 atom stereocenters. The highest BCUT2D eigenvalue weighted by Gasteiger charge is 2.13. The highest BCUT2D eigenvalue weighted by molar-refractivity contribution is 5.13. The average molecular weight is 211 g/mol. The van der Waals surface area contributed by atoms with Crippen LogP contribution in [0.2, 0.25) is 0 Å². The molecule has 1 aliphatic rings. The van der Waals surface area contributed by atoms with Gasteiger partial charge in [-0.2, -0.15) is 0 Å². The van der Waals surface area contributed by atoms with Crippen molar-refractivity contribution in [2.75, 3.05) is 20.3 Å². The van der Waals surface area contributed by atoms with E-state index < -0.39 is 0 Å². The van der Waals surface area contributed by atoms with Gasteiger partial charge in [0.2, 0.25) is 0 Å². The van der Waals surface area contributed by atoms with Crippen LogP contribution in [-0.4, -0.2) is 26.4 Å². The van der Waals surface area contributed by atoms with Gasteiger partial charge in [-0.1, -0.05) is 30.3 Å². The van der Waals surface area contributed by atoms with E-state index in [4.69, 9.17) is 4.74 Å². The number of hydrogen-bond donors (Lipinski definition) is 1. The molecule has 3 heteroatoms. The molecule has 0 saturated carbocycles. The fourth-order valence-electron chi connectivity index (χ4n) is 1.56. The first kappa shape index (κ1) is 12.1. The second-order valence-corrected chi connectivity index (χ2v) is 3.41. The Morgan fingerprint density at radius 2 is 2.07 bits per heavy atom. The van der Waals surface area contributed by atoms with E-state index in [2.05, 4.69) is 17.4 Å². The zero-order valence-electron chi connectivity index (χ0n) is 9.08. The number of hydrogen-bond acceptors (Lipinski definition) is 2. The maximum atomic E-state index is 9.50. The molecular formula is C12H18FNO. The highest BCUT2D eigenvalue weighted by atomic mass is 19.1. The Kier molecular flexibility index (Phi) is 5.97. The first-order valence-corrected chi connectivity index (χ1v) is 5.19. The normalized spacial score (nSPS) is 19.5. The van der Waals surface area contributed by atoms with Crippen LogP contribution in [0.25, 0.3) is 0 Å². The lowest BCUT2D eigenvalue weighted by atomic mass is 10.2. The third-order valence-corrected chi connectivity index (χ3v) is 2.34. The molecule has 0 spiro atoms. The Morgan fingerprint density at radius 1 is 1.33 bits per heavy atom. The van der Waals surface area contributed by atoms with E-state index in [9.17, 15) is 4.39 Å². The maximum Gasteiger partial charge on any atom is 0.0785 e. The lowest BCUT2D eigenvalue weighted by molar-refractivity contribution is 0.0542. The summed E-state index contributed by atoms with van der Waals surface area (Å²) >= 11 is 0. The molecule has 1 aliphatic heterocycles. The van der Waals surface area contributed by atoms with Crippen molar-refractivity contribution in [3.8, 4) is 0 Å². The van der Waals surface area contributed by atoms with Crippen molar-refractivity contribution >= 4 is 0 Å². The number of benzene rings is 1. The molecule has 1 heterocycles. The molecule has 2 nitrogen and oxygen atoms in total. The van der Waals surface area contributed by atoms with Gasteiger partial charge in [-0.3, -0.25) is 4.39 Å². The lowest BCUT2D eigenvalue weighted by Crippen LogP contribution is -2.16. The zero-order chi connectivity index (χ0) is 10.9. The second-order valence-electron chi connectivity index (χ2n) is 3.41. The minimum absolute atomic E-state index is 0.417. The van der Waals surface area contributed by atoms with Crippen LogP contribution < -0.4 is 5.32 Å². The molecule has 15 heavy (non-hydrogen) atoms. The van der Waals surface area contributed by atoms with Crippen molar-refractivity contribution < 1.29 is 9.13 Å². The molecule has 0 bridgehead atoms. The molecular weight excluding hydrogens is 193 g/mol. The molecule has 0 radical (unpaired) electrons. The van der Waals surface area contributed by atoms with Gasteiger partial charge in [0.05, 0.1) is 19.9 Å². The smallest absolute Gasteiger partial charge is 0.0785 e. The fourth-order valence-corrected chi connectivity index (χ4v) is 1.56. The van der Waals surface area contributed by atoms with Crippen LogP contribution in [0.3, 0.4) is 0 Å². The molecule has 0 amide bonds. The van der Waals surface area contributed by atoms with Crippen molar-refractivity contribution in [3.63, 3.8) is 0 Å². The Labute approximate surface area is 90.4 Å². The summed E-state index contributed by atoms with van der Waals surface area (Å²) in [5, 5.41) is 3.28. The average Bonchev–Trinajstić information content (AvgIpc) is 2.83. The molecule has 1 saturated heterocycles. The van der Waals surface area contributed by atoms with E-state index >= 15 is 0 Å². The summed E-state index contributed by atoms with van der Waals surface area (Å²) in [5.41, 5.74) is 1.26. The van der Waals surface area contributed by atoms with Gasteiger partial charge in [-0.25, -0.2) is 0 Å². The Morgan fingerprint density at radius 3 is 2.67 bits per heavy atom. The number of nitrogens with one attached hydrogen (secondary N) is 1. The van der Waals surface area contributed by atoms with Crippen molar-refractivity contribution in [2.24, 2.45) is 0 Å². The van der Waals surface area contributed by atoms with Gasteiger partial charge < -0.3 is 10.1 Å². The lowest BCUT2D eigenvalue weighted by Gasteiger charge is -2.09. The first-order valence-electron chi connectivity index (χ1n) is 5.19. The van der Waals surface area contributed by atoms with Crippen LogP contribution in [0.4, 0.5) is 4.39 Å². The number of rotatable bonds is 3. The van der Waals surface area contributed by atoms with E-state index in [1.165, 1.54) is 5.56 Å². The predicted molar refractivity (Wildman–Crippen MR) is 59.5 cm³/mol. The Hall–Kier alpha value is -0.930. The molecule has 2 rings (SSSR count). The maximum absolute atomic E-state index is 9.50. The van der Waals surface area contributed by atoms with Crippen LogP contribution in [0.5, 0.6) is 0 Å². The SMILES string of the molecule is CF.c1ccc(COC2CCNC2)cc1. The van der Waals surface area contributed by atoms with Crippen molar-refractivity contribution in [2.45, 2.75) is 19.1 Å². The standard InChI is InChI=1S/C11H15NO.CH3F/c1-2-4-10(5-3-1)9-13-11-6-7-12-8-11;1-2/h1-5,11-12H,6-9H2;1H3. The van der Waals surface area contributed by atoms with Crippen LogP contribution in [0.15, 0.2) is 30.3 Å². The molecule has 0 aliphatic carbocycles. The van der Waals surface area contributed by atoms with Crippen LogP contribution in [0, 0.1) is 0 Å². The van der Waals surface area contributed by atoms with E-state index in [-0.39, 0.29) is 0 Å². The Bertz CT molecular complexity index is 247. The minimum atomic E-state index is 0.417. The topological polar surface area (TPSA) is 21.3 Å². The van der Waals surface area contributed by atoms with Gasteiger partial charge in [0.25, 0.3) is 0 Å². The van der Waals surface area contributed by atoms with E-state index in [0.29, 0.717) is 13.3 Å². The fraction of sp³-hybridized carbons (Fsp3) is 0.500.